The first-order valence-electron chi connectivity index (χ1n) is 11.5. The molecule has 0 saturated heterocycles. The van der Waals surface area contributed by atoms with Crippen LogP contribution in [0, 0.1) is 18.3 Å². The second-order valence-corrected chi connectivity index (χ2v) is 9.20. The van der Waals surface area contributed by atoms with Crippen LogP contribution in [0.3, 0.4) is 0 Å². The van der Waals surface area contributed by atoms with Gasteiger partial charge in [-0.3, -0.25) is 4.57 Å². The lowest BCUT2D eigenvalue weighted by molar-refractivity contribution is -0.137. The number of rotatable bonds is 5. The number of ether oxygens (including phenoxy) is 2. The summed E-state index contributed by atoms with van der Waals surface area (Å²) >= 11 is 5.66. The van der Waals surface area contributed by atoms with E-state index in [1.165, 1.54) is 18.2 Å². The highest BCUT2D eigenvalue weighted by atomic mass is 35.5. The van der Waals surface area contributed by atoms with Gasteiger partial charge in [-0.1, -0.05) is 41.4 Å². The molecule has 10 heteroatoms. The number of fused-ring (bicyclic) bond motifs is 3. The molecule has 0 spiro atoms. The predicted octanol–water partition coefficient (Wildman–Crippen LogP) is 6.69. The maximum atomic E-state index is 13.2. The second kappa shape index (κ2) is 9.88. The zero-order valence-electron chi connectivity index (χ0n) is 20.0. The Morgan fingerprint density at radius 1 is 1.11 bits per heavy atom. The number of benzene rings is 3. The van der Waals surface area contributed by atoms with Gasteiger partial charge in [0, 0.05) is 18.2 Å². The minimum atomic E-state index is -4.65. The molecule has 192 valence electrons. The molecule has 5 rings (SSSR count). The molecule has 0 unspecified atom stereocenters. The molecule has 0 aliphatic carbocycles. The van der Waals surface area contributed by atoms with Gasteiger partial charge in [0.25, 0.3) is 0 Å². The van der Waals surface area contributed by atoms with Crippen LogP contribution in [0.5, 0.6) is 17.4 Å². The highest BCUT2D eigenvalue weighted by Gasteiger charge is 2.33. The lowest BCUT2D eigenvalue weighted by Crippen LogP contribution is -2.28. The number of hydrogen-bond acceptors (Lipinski definition) is 5. The van der Waals surface area contributed by atoms with E-state index in [0.29, 0.717) is 12.1 Å². The van der Waals surface area contributed by atoms with E-state index in [4.69, 9.17) is 21.1 Å². The quantitative estimate of drug-likeness (QED) is 0.283. The van der Waals surface area contributed by atoms with Crippen LogP contribution in [-0.2, 0) is 25.7 Å². The molecule has 4 aromatic rings. The summed E-state index contributed by atoms with van der Waals surface area (Å²) in [6.07, 6.45) is -3.91. The number of alkyl halides is 3. The van der Waals surface area contributed by atoms with Gasteiger partial charge >= 0.3 is 11.9 Å². The first kappa shape index (κ1) is 25.4. The summed E-state index contributed by atoms with van der Waals surface area (Å²) in [6, 6.07) is 17.5. The molecular weight excluding hydrogens is 519 g/mol. The second-order valence-electron chi connectivity index (χ2n) is 8.80. The van der Waals surface area contributed by atoms with Crippen LogP contribution < -0.4 is 15.2 Å². The maximum absolute atomic E-state index is 13.2. The summed E-state index contributed by atoms with van der Waals surface area (Å²) in [5, 5.41) is 9.14. The Balaban J connectivity index is 1.36. The first-order valence-corrected chi connectivity index (χ1v) is 11.9. The SMILES string of the molecule is Cc1ccc2c(c1)CCn1c-2cc(OCc2ccc(Oc3ccc(Cl)c(C(F)(F)F)c3)c(C#N)c2)nc1=O. The summed E-state index contributed by atoms with van der Waals surface area (Å²) in [4.78, 5) is 16.7. The van der Waals surface area contributed by atoms with Gasteiger partial charge in [0.1, 0.15) is 24.2 Å². The Hall–Kier alpha value is -4.29. The van der Waals surface area contributed by atoms with E-state index in [1.807, 2.05) is 25.1 Å². The number of nitrogens with zero attached hydrogens (tertiary/aromatic N) is 3. The molecule has 0 radical (unpaired) electrons. The molecular formula is C28H19ClF3N3O3. The molecule has 1 aliphatic heterocycles. The maximum Gasteiger partial charge on any atom is 0.417 e. The Morgan fingerprint density at radius 2 is 1.92 bits per heavy atom. The largest absolute Gasteiger partial charge is 0.473 e. The monoisotopic (exact) mass is 537 g/mol. The highest BCUT2D eigenvalue weighted by molar-refractivity contribution is 6.31. The van der Waals surface area contributed by atoms with E-state index in [2.05, 4.69) is 11.1 Å². The smallest absolute Gasteiger partial charge is 0.417 e. The van der Waals surface area contributed by atoms with Gasteiger partial charge in [-0.2, -0.15) is 23.4 Å². The lowest BCUT2D eigenvalue weighted by atomic mass is 9.96. The number of aromatic nitrogens is 2. The molecule has 38 heavy (non-hydrogen) atoms. The van der Waals surface area contributed by atoms with Gasteiger partial charge in [-0.15, -0.1) is 0 Å². The molecule has 0 saturated carbocycles. The molecule has 1 aromatic heterocycles. The van der Waals surface area contributed by atoms with Crippen LogP contribution in [0.15, 0.2) is 65.5 Å². The normalized spacial score (nSPS) is 12.3. The van der Waals surface area contributed by atoms with Crippen LogP contribution in [-0.4, -0.2) is 9.55 Å². The highest BCUT2D eigenvalue weighted by Crippen LogP contribution is 2.38. The van der Waals surface area contributed by atoms with E-state index in [9.17, 15) is 23.2 Å². The van der Waals surface area contributed by atoms with E-state index >= 15 is 0 Å². The van der Waals surface area contributed by atoms with Gasteiger partial charge in [0.15, 0.2) is 0 Å². The average molecular weight is 538 g/mol. The topological polar surface area (TPSA) is 77.1 Å². The number of hydrogen-bond donors (Lipinski definition) is 0. The number of halogens is 4. The Bertz CT molecular complexity index is 1660. The van der Waals surface area contributed by atoms with Crippen molar-refractivity contribution >= 4 is 11.6 Å². The molecule has 0 N–H and O–H groups in total. The zero-order valence-corrected chi connectivity index (χ0v) is 20.7. The van der Waals surface area contributed by atoms with Crippen LogP contribution >= 0.6 is 11.6 Å². The molecule has 3 aromatic carbocycles. The molecule has 0 amide bonds. The lowest BCUT2D eigenvalue weighted by Gasteiger charge is -2.22. The van der Waals surface area contributed by atoms with Crippen molar-refractivity contribution in [2.75, 3.05) is 0 Å². The first-order chi connectivity index (χ1) is 18.1. The molecule has 0 fully saturated rings. The third-order valence-corrected chi connectivity index (χ3v) is 6.48. The van der Waals surface area contributed by atoms with Crippen molar-refractivity contribution in [3.63, 3.8) is 0 Å². The fourth-order valence-corrected chi connectivity index (χ4v) is 4.55. The third kappa shape index (κ3) is 5.08. The van der Waals surface area contributed by atoms with E-state index in [0.717, 1.165) is 40.9 Å². The van der Waals surface area contributed by atoms with Crippen LogP contribution in [0.25, 0.3) is 11.3 Å². The van der Waals surface area contributed by atoms with Crippen molar-refractivity contribution in [2.45, 2.75) is 32.7 Å². The van der Waals surface area contributed by atoms with Gasteiger partial charge in [-0.05, 0) is 54.8 Å². The molecule has 0 bridgehead atoms. The fourth-order valence-electron chi connectivity index (χ4n) is 4.32. The Labute approximate surface area is 220 Å². The summed E-state index contributed by atoms with van der Waals surface area (Å²) in [7, 11) is 0. The average Bonchev–Trinajstić information content (AvgIpc) is 2.88. The van der Waals surface area contributed by atoms with Crippen molar-refractivity contribution in [1.29, 1.82) is 5.26 Å². The van der Waals surface area contributed by atoms with E-state index < -0.39 is 22.5 Å². The molecule has 1 aliphatic rings. The summed E-state index contributed by atoms with van der Waals surface area (Å²) in [5.41, 5.74) is 3.20. The molecule has 0 atom stereocenters. The van der Waals surface area contributed by atoms with Crippen molar-refractivity contribution in [2.24, 2.45) is 0 Å². The van der Waals surface area contributed by atoms with Crippen molar-refractivity contribution in [3.05, 3.63) is 104 Å². The molecule has 6 nitrogen and oxygen atoms in total. The van der Waals surface area contributed by atoms with Crippen molar-refractivity contribution in [3.8, 4) is 34.7 Å². The van der Waals surface area contributed by atoms with Gasteiger partial charge in [0.2, 0.25) is 5.88 Å². The van der Waals surface area contributed by atoms with Crippen molar-refractivity contribution < 1.29 is 22.6 Å². The van der Waals surface area contributed by atoms with Crippen LogP contribution in [0.2, 0.25) is 5.02 Å². The standard InChI is InChI=1S/C28H19ClF3N3O3/c1-16-2-5-21-18(10-16)8-9-35-24(21)13-26(34-27(35)36)37-15-17-3-7-25(19(11-17)14-33)38-20-4-6-23(29)22(12-20)28(30,31)32/h2-7,10-13H,8-9,15H2,1H3. The third-order valence-electron chi connectivity index (χ3n) is 6.15. The van der Waals surface area contributed by atoms with Gasteiger partial charge in [-0.25, -0.2) is 4.79 Å². The van der Waals surface area contributed by atoms with Gasteiger partial charge in [0.05, 0.1) is 21.8 Å². The zero-order chi connectivity index (χ0) is 27.0. The summed E-state index contributed by atoms with van der Waals surface area (Å²) in [5.74, 6) is 0.106. The van der Waals surface area contributed by atoms with Crippen LogP contribution in [0.1, 0.15) is 27.8 Å². The van der Waals surface area contributed by atoms with E-state index in [-0.39, 0.29) is 29.5 Å². The summed E-state index contributed by atoms with van der Waals surface area (Å²) < 4.78 is 52.5. The fraction of sp³-hybridized carbons (Fsp3) is 0.179. The Morgan fingerprint density at radius 3 is 2.68 bits per heavy atom. The minimum Gasteiger partial charge on any atom is -0.473 e. The molecule has 2 heterocycles. The summed E-state index contributed by atoms with van der Waals surface area (Å²) in [6.45, 7) is 2.55. The van der Waals surface area contributed by atoms with Gasteiger partial charge < -0.3 is 9.47 Å². The Kier molecular flexibility index (Phi) is 6.59. The predicted molar refractivity (Wildman–Crippen MR) is 134 cm³/mol. The minimum absolute atomic E-state index is 0.00474. The number of aryl methyl sites for hydroxylation is 2. The van der Waals surface area contributed by atoms with Crippen LogP contribution in [0.4, 0.5) is 13.2 Å². The number of nitriles is 1. The van der Waals surface area contributed by atoms with Crippen molar-refractivity contribution in [1.82, 2.24) is 9.55 Å². The van der Waals surface area contributed by atoms with E-state index in [1.54, 1.807) is 16.7 Å².